The molecule has 1 rings (SSSR count). The summed E-state index contributed by atoms with van der Waals surface area (Å²) in [5.74, 6) is -1.01. The Hall–Kier alpha value is -2.28. The Morgan fingerprint density at radius 2 is 1.95 bits per heavy atom. The van der Waals surface area contributed by atoms with Crippen LogP contribution >= 0.6 is 0 Å². The van der Waals surface area contributed by atoms with Crippen molar-refractivity contribution in [2.24, 2.45) is 0 Å². The molecule has 1 atom stereocenters. The van der Waals surface area contributed by atoms with Crippen LogP contribution in [0.25, 0.3) is 0 Å². The molecule has 1 aromatic rings. The maximum atomic E-state index is 11.6. The fourth-order valence-corrected chi connectivity index (χ4v) is 1.70. The Morgan fingerprint density at radius 3 is 2.52 bits per heavy atom. The Morgan fingerprint density at radius 1 is 1.29 bits per heavy atom. The van der Waals surface area contributed by atoms with Crippen LogP contribution < -0.4 is 10.6 Å². The predicted molar refractivity (Wildman–Crippen MR) is 76.3 cm³/mol. The summed E-state index contributed by atoms with van der Waals surface area (Å²) in [6, 6.07) is 4.61. The van der Waals surface area contributed by atoms with Gasteiger partial charge in [0, 0.05) is 26.7 Å². The van der Waals surface area contributed by atoms with Crippen molar-refractivity contribution in [1.29, 1.82) is 0 Å². The van der Waals surface area contributed by atoms with Gasteiger partial charge in [-0.25, -0.2) is 9.59 Å². The molecule has 0 aromatic heterocycles. The number of phenols is 1. The molecule has 7 heteroatoms. The molecule has 0 spiro atoms. The van der Waals surface area contributed by atoms with Crippen molar-refractivity contribution < 1.29 is 24.5 Å². The van der Waals surface area contributed by atoms with E-state index in [-0.39, 0.29) is 12.2 Å². The van der Waals surface area contributed by atoms with Gasteiger partial charge in [0.1, 0.15) is 11.8 Å². The lowest BCUT2D eigenvalue weighted by molar-refractivity contribution is -0.139. The number of amides is 2. The van der Waals surface area contributed by atoms with Crippen LogP contribution in [0.5, 0.6) is 5.75 Å². The fraction of sp³-hybridized carbons (Fsp3) is 0.429. The first-order valence-electron chi connectivity index (χ1n) is 6.57. The lowest BCUT2D eigenvalue weighted by Gasteiger charge is -2.15. The Kier molecular flexibility index (Phi) is 7.03. The van der Waals surface area contributed by atoms with E-state index >= 15 is 0 Å². The first kappa shape index (κ1) is 16.8. The van der Waals surface area contributed by atoms with Crippen LogP contribution in [0.1, 0.15) is 12.0 Å². The number of carbonyl (C=O) groups is 2. The maximum absolute atomic E-state index is 11.6. The minimum atomic E-state index is -1.12. The van der Waals surface area contributed by atoms with Crippen molar-refractivity contribution in [3.8, 4) is 5.75 Å². The summed E-state index contributed by atoms with van der Waals surface area (Å²) in [6.07, 6.45) is 0.792. The van der Waals surface area contributed by atoms with E-state index < -0.39 is 18.0 Å². The molecule has 0 aliphatic carbocycles. The highest BCUT2D eigenvalue weighted by molar-refractivity contribution is 5.82. The average Bonchev–Trinajstić information content (AvgIpc) is 2.45. The summed E-state index contributed by atoms with van der Waals surface area (Å²) in [4.78, 5) is 22.8. The first-order chi connectivity index (χ1) is 10.0. The van der Waals surface area contributed by atoms with Gasteiger partial charge in [-0.2, -0.15) is 0 Å². The van der Waals surface area contributed by atoms with E-state index in [1.807, 2.05) is 0 Å². The van der Waals surface area contributed by atoms with Crippen molar-refractivity contribution in [2.75, 3.05) is 20.3 Å². The lowest BCUT2D eigenvalue weighted by atomic mass is 10.1. The van der Waals surface area contributed by atoms with Crippen LogP contribution in [0.15, 0.2) is 24.3 Å². The van der Waals surface area contributed by atoms with Crippen LogP contribution in [0, 0.1) is 0 Å². The fourth-order valence-electron chi connectivity index (χ4n) is 1.70. The number of rotatable bonds is 8. The normalized spacial score (nSPS) is 11.7. The molecule has 21 heavy (non-hydrogen) atoms. The minimum Gasteiger partial charge on any atom is -0.508 e. The van der Waals surface area contributed by atoms with Gasteiger partial charge < -0.3 is 25.6 Å². The van der Waals surface area contributed by atoms with Gasteiger partial charge in [-0.15, -0.1) is 0 Å². The van der Waals surface area contributed by atoms with E-state index in [0.717, 1.165) is 0 Å². The topological polar surface area (TPSA) is 108 Å². The van der Waals surface area contributed by atoms with Gasteiger partial charge >= 0.3 is 12.0 Å². The van der Waals surface area contributed by atoms with E-state index in [9.17, 15) is 14.7 Å². The maximum Gasteiger partial charge on any atom is 0.326 e. The summed E-state index contributed by atoms with van der Waals surface area (Å²) < 4.78 is 4.85. The number of phenolic OH excluding ortho intramolecular Hbond substituents is 1. The highest BCUT2D eigenvalue weighted by atomic mass is 16.5. The number of carboxylic acids is 1. The third kappa shape index (κ3) is 6.62. The molecule has 1 aromatic carbocycles. The molecule has 2 amide bonds. The standard InChI is InChI=1S/C14H20N2O5/c1-21-8-2-7-15-14(20)16-12(13(18)19)9-10-3-5-11(17)6-4-10/h3-6,12,17H,2,7-9H2,1H3,(H,18,19)(H2,15,16,20)/t12-/m1/s1. The molecule has 0 unspecified atom stereocenters. The third-order valence-electron chi connectivity index (χ3n) is 2.79. The molecule has 0 aliphatic heterocycles. The number of methoxy groups -OCH3 is 1. The van der Waals surface area contributed by atoms with Gasteiger partial charge in [-0.05, 0) is 24.1 Å². The molecular formula is C14H20N2O5. The number of carboxylic acid groups (broad SMARTS) is 1. The van der Waals surface area contributed by atoms with E-state index in [2.05, 4.69) is 10.6 Å². The second kappa shape index (κ2) is 8.80. The molecule has 4 N–H and O–H groups in total. The number of hydrogen-bond donors (Lipinski definition) is 4. The molecule has 7 nitrogen and oxygen atoms in total. The van der Waals surface area contributed by atoms with E-state index in [0.29, 0.717) is 25.1 Å². The number of aliphatic carboxylic acids is 1. The second-order valence-electron chi connectivity index (χ2n) is 4.51. The monoisotopic (exact) mass is 296 g/mol. The molecule has 0 radical (unpaired) electrons. The molecule has 0 fully saturated rings. The number of carbonyl (C=O) groups excluding carboxylic acids is 1. The van der Waals surface area contributed by atoms with Crippen LogP contribution in [-0.2, 0) is 16.0 Å². The SMILES string of the molecule is COCCCNC(=O)N[C@H](Cc1ccc(O)cc1)C(=O)O. The molecule has 0 saturated heterocycles. The van der Waals surface area contributed by atoms with E-state index in [1.165, 1.54) is 12.1 Å². The molecule has 0 bridgehead atoms. The van der Waals surface area contributed by atoms with Crippen molar-refractivity contribution in [1.82, 2.24) is 10.6 Å². The smallest absolute Gasteiger partial charge is 0.326 e. The zero-order chi connectivity index (χ0) is 15.7. The lowest BCUT2D eigenvalue weighted by Crippen LogP contribution is -2.47. The first-order valence-corrected chi connectivity index (χ1v) is 6.57. The molecule has 0 saturated carbocycles. The number of benzene rings is 1. The quantitative estimate of drug-likeness (QED) is 0.529. The van der Waals surface area contributed by atoms with Crippen LogP contribution in [-0.4, -0.2) is 48.5 Å². The molecule has 0 aliphatic rings. The largest absolute Gasteiger partial charge is 0.508 e. The van der Waals surface area contributed by atoms with Crippen LogP contribution in [0.4, 0.5) is 4.79 Å². The van der Waals surface area contributed by atoms with Crippen molar-refractivity contribution in [3.63, 3.8) is 0 Å². The van der Waals surface area contributed by atoms with Gasteiger partial charge in [0.15, 0.2) is 0 Å². The van der Waals surface area contributed by atoms with Crippen molar-refractivity contribution >= 4 is 12.0 Å². The molecule has 116 valence electrons. The van der Waals surface area contributed by atoms with Crippen molar-refractivity contribution in [3.05, 3.63) is 29.8 Å². The number of urea groups is 1. The Bertz CT molecular complexity index is 461. The van der Waals surface area contributed by atoms with Gasteiger partial charge in [0.25, 0.3) is 0 Å². The Balaban J connectivity index is 2.48. The summed E-state index contributed by atoms with van der Waals surface area (Å²) in [5.41, 5.74) is 0.708. The van der Waals surface area contributed by atoms with Gasteiger partial charge in [-0.1, -0.05) is 12.1 Å². The van der Waals surface area contributed by atoms with E-state index in [4.69, 9.17) is 9.84 Å². The van der Waals surface area contributed by atoms with Crippen molar-refractivity contribution in [2.45, 2.75) is 18.9 Å². The summed E-state index contributed by atoms with van der Waals surface area (Å²) in [7, 11) is 1.57. The van der Waals surface area contributed by atoms with Crippen LogP contribution in [0.2, 0.25) is 0 Å². The average molecular weight is 296 g/mol. The zero-order valence-corrected chi connectivity index (χ0v) is 11.8. The third-order valence-corrected chi connectivity index (χ3v) is 2.79. The second-order valence-corrected chi connectivity index (χ2v) is 4.51. The highest BCUT2D eigenvalue weighted by Crippen LogP contribution is 2.11. The number of hydrogen-bond acceptors (Lipinski definition) is 4. The summed E-state index contributed by atoms with van der Waals surface area (Å²) in [5, 5.41) is 23.3. The Labute approximate surface area is 122 Å². The number of nitrogens with one attached hydrogen (secondary N) is 2. The minimum absolute atomic E-state index is 0.106. The van der Waals surface area contributed by atoms with Gasteiger partial charge in [0.05, 0.1) is 0 Å². The van der Waals surface area contributed by atoms with Gasteiger partial charge in [-0.3, -0.25) is 0 Å². The zero-order valence-electron chi connectivity index (χ0n) is 11.8. The highest BCUT2D eigenvalue weighted by Gasteiger charge is 2.20. The van der Waals surface area contributed by atoms with E-state index in [1.54, 1.807) is 19.2 Å². The summed E-state index contributed by atoms with van der Waals surface area (Å²) in [6.45, 7) is 0.932. The van der Waals surface area contributed by atoms with Crippen LogP contribution in [0.3, 0.4) is 0 Å². The number of ether oxygens (including phenoxy) is 1. The predicted octanol–water partition coefficient (Wildman–Crippen LogP) is 0.724. The molecular weight excluding hydrogens is 276 g/mol. The van der Waals surface area contributed by atoms with Gasteiger partial charge in [0.2, 0.25) is 0 Å². The number of aromatic hydroxyl groups is 1. The molecule has 0 heterocycles. The summed E-state index contributed by atoms with van der Waals surface area (Å²) >= 11 is 0.